The number of thiophene rings is 1. The zero-order chi connectivity index (χ0) is 33.4. The van der Waals surface area contributed by atoms with Gasteiger partial charge >= 0.3 is 15.8 Å². The Kier molecular flexibility index (Phi) is 8.86. The van der Waals surface area contributed by atoms with Gasteiger partial charge in [0, 0.05) is 24.4 Å². The highest BCUT2D eigenvalue weighted by Gasteiger charge is 2.69. The van der Waals surface area contributed by atoms with E-state index in [2.05, 4.69) is 54.6 Å². The fourth-order valence-electron chi connectivity index (χ4n) is 4.98. The molecule has 4 rings (SSSR count). The van der Waals surface area contributed by atoms with Crippen molar-refractivity contribution in [1.29, 1.82) is 0 Å². The minimum atomic E-state index is -4.40. The molecule has 2 aliphatic rings. The summed E-state index contributed by atoms with van der Waals surface area (Å²) in [6.07, 6.45) is -2.03. The number of aryl methyl sites for hydroxylation is 1. The topological polar surface area (TPSA) is 141 Å². The summed E-state index contributed by atoms with van der Waals surface area (Å²) in [6, 6.07) is 1.67. The number of nitrogens with zero attached hydrogens (tertiary/aromatic N) is 2. The SMILES string of the molecule is Cc1cn([C@@H]2OC(CO[Si](C)(C)C(C)(C)C)C3(OS(=O)(=O)C(c4ccsc4)=C3N)[C@H]2O[Si](C)(C)C(C)(C)C)c(=O)n(C)c1=O. The molecule has 0 aromatic carbocycles. The molecule has 0 aliphatic carbocycles. The summed E-state index contributed by atoms with van der Waals surface area (Å²) < 4.78 is 56.5. The maximum absolute atomic E-state index is 13.9. The van der Waals surface area contributed by atoms with Gasteiger partial charge in [-0.2, -0.15) is 19.8 Å². The minimum absolute atomic E-state index is 0.0551. The van der Waals surface area contributed by atoms with Crippen molar-refractivity contribution in [3.8, 4) is 0 Å². The molecule has 4 heterocycles. The van der Waals surface area contributed by atoms with Crippen LogP contribution < -0.4 is 17.0 Å². The standard InChI is InChI=1S/C29H47N3O8S2Si2/c1-18-15-32(26(34)31(8)24(18)33)25-23(39-44(11,12)28(5,6)7)29(20(38-25)16-37-43(9,10)27(2,3)4)22(30)21(42(35,36)40-29)19-13-14-41-17-19/h13-15,17,20,23,25H,16,30H2,1-12H3/t20?,23-,25+,29?/m0/s1. The van der Waals surface area contributed by atoms with Gasteiger partial charge in [0.05, 0.1) is 12.3 Å². The van der Waals surface area contributed by atoms with Crippen molar-refractivity contribution in [3.05, 3.63) is 60.7 Å². The third-order valence-electron chi connectivity index (χ3n) is 9.80. The molecule has 2 N–H and O–H groups in total. The molecular formula is C29H47N3O8S2Si2. The largest absolute Gasteiger partial charge is 0.414 e. The second-order valence-electron chi connectivity index (χ2n) is 14.8. The number of nitrogens with two attached hydrogens (primary N) is 1. The normalized spacial score (nSPS) is 26.2. The number of rotatable bonds is 7. The lowest BCUT2D eigenvalue weighted by atomic mass is 9.88. The second kappa shape index (κ2) is 11.1. The van der Waals surface area contributed by atoms with Crippen LogP contribution in [-0.2, 0) is 34.9 Å². The lowest BCUT2D eigenvalue weighted by Crippen LogP contribution is -2.59. The summed E-state index contributed by atoms with van der Waals surface area (Å²) in [5.74, 6) is 0. The Bertz CT molecular complexity index is 1680. The van der Waals surface area contributed by atoms with Crippen molar-refractivity contribution >= 4 is 43.0 Å². The van der Waals surface area contributed by atoms with Crippen molar-refractivity contribution in [2.24, 2.45) is 12.8 Å². The highest BCUT2D eigenvalue weighted by molar-refractivity contribution is 7.96. The first-order valence-electron chi connectivity index (χ1n) is 14.6. The van der Waals surface area contributed by atoms with E-state index in [1.807, 2.05) is 13.1 Å². The first-order chi connectivity index (χ1) is 19.9. The van der Waals surface area contributed by atoms with E-state index < -0.39 is 62.0 Å². The van der Waals surface area contributed by atoms with Gasteiger partial charge in [0.25, 0.3) is 5.56 Å². The fraction of sp³-hybridized carbons (Fsp3) is 0.655. The van der Waals surface area contributed by atoms with Crippen LogP contribution in [-0.4, -0.2) is 58.6 Å². The van der Waals surface area contributed by atoms with Crippen LogP contribution in [0, 0.1) is 6.92 Å². The van der Waals surface area contributed by atoms with Gasteiger partial charge in [-0.05, 0) is 60.0 Å². The van der Waals surface area contributed by atoms with Crippen molar-refractivity contribution < 1.29 is 26.2 Å². The number of hydrogen-bond acceptors (Lipinski definition) is 10. The molecule has 0 saturated carbocycles. The maximum Gasteiger partial charge on any atom is 0.332 e. The highest BCUT2D eigenvalue weighted by atomic mass is 32.2. The molecule has 15 heteroatoms. The van der Waals surface area contributed by atoms with E-state index in [1.54, 1.807) is 23.8 Å². The molecule has 2 aliphatic heterocycles. The van der Waals surface area contributed by atoms with Crippen LogP contribution in [0.4, 0.5) is 0 Å². The molecule has 0 radical (unpaired) electrons. The minimum Gasteiger partial charge on any atom is -0.414 e. The molecule has 11 nitrogen and oxygen atoms in total. The molecule has 0 amide bonds. The molecule has 2 aromatic rings. The predicted molar refractivity (Wildman–Crippen MR) is 178 cm³/mol. The van der Waals surface area contributed by atoms with Crippen molar-refractivity contribution in [2.75, 3.05) is 6.61 Å². The van der Waals surface area contributed by atoms with Gasteiger partial charge < -0.3 is 19.3 Å². The Balaban J connectivity index is 2.04. The molecule has 2 aromatic heterocycles. The van der Waals surface area contributed by atoms with Crippen LogP contribution in [0.5, 0.6) is 0 Å². The lowest BCUT2D eigenvalue weighted by molar-refractivity contribution is -0.0566. The van der Waals surface area contributed by atoms with Crippen LogP contribution >= 0.6 is 11.3 Å². The Morgan fingerprint density at radius 1 is 1.07 bits per heavy atom. The Hall–Kier alpha value is -1.86. The van der Waals surface area contributed by atoms with Crippen molar-refractivity contribution in [2.45, 2.75) is 109 Å². The van der Waals surface area contributed by atoms with Crippen molar-refractivity contribution in [1.82, 2.24) is 9.13 Å². The van der Waals surface area contributed by atoms with Crippen LogP contribution in [0.25, 0.3) is 4.91 Å². The first kappa shape index (κ1) is 35.0. The molecule has 1 spiro atoms. The molecule has 4 atom stereocenters. The van der Waals surface area contributed by atoms with Gasteiger partial charge in [-0.3, -0.25) is 13.9 Å². The summed E-state index contributed by atoms with van der Waals surface area (Å²) in [5, 5.41) is 2.98. The van der Waals surface area contributed by atoms with Gasteiger partial charge in [-0.15, -0.1) is 0 Å². The number of aromatic nitrogens is 2. The Morgan fingerprint density at radius 3 is 2.18 bits per heavy atom. The zero-order valence-corrected chi connectivity index (χ0v) is 31.4. The van der Waals surface area contributed by atoms with E-state index in [-0.39, 0.29) is 27.3 Å². The molecule has 0 bridgehead atoms. The van der Waals surface area contributed by atoms with Crippen LogP contribution in [0.1, 0.15) is 58.9 Å². The van der Waals surface area contributed by atoms with E-state index in [0.717, 1.165) is 4.57 Å². The van der Waals surface area contributed by atoms with Crippen LogP contribution in [0.3, 0.4) is 0 Å². The van der Waals surface area contributed by atoms with Crippen LogP contribution in [0.15, 0.2) is 38.3 Å². The maximum atomic E-state index is 13.9. The summed E-state index contributed by atoms with van der Waals surface area (Å²) in [7, 11) is -8.12. The van der Waals surface area contributed by atoms with E-state index in [4.69, 9.17) is 23.5 Å². The van der Waals surface area contributed by atoms with Crippen molar-refractivity contribution in [3.63, 3.8) is 0 Å². The quantitative estimate of drug-likeness (QED) is 0.326. The fourth-order valence-corrected chi connectivity index (χ4v) is 9.56. The monoisotopic (exact) mass is 685 g/mol. The summed E-state index contributed by atoms with van der Waals surface area (Å²) >= 11 is 1.33. The van der Waals surface area contributed by atoms with E-state index >= 15 is 0 Å². The molecule has 2 unspecified atom stereocenters. The summed E-state index contributed by atoms with van der Waals surface area (Å²) in [4.78, 5) is 26.2. The van der Waals surface area contributed by atoms with Gasteiger partial charge in [0.2, 0.25) is 0 Å². The third kappa shape index (κ3) is 5.67. The van der Waals surface area contributed by atoms with E-state index in [1.165, 1.54) is 29.1 Å². The van der Waals surface area contributed by atoms with E-state index in [9.17, 15) is 18.0 Å². The molecule has 246 valence electrons. The summed E-state index contributed by atoms with van der Waals surface area (Å²) in [5.41, 5.74) is 4.63. The average molecular weight is 686 g/mol. The number of hydrogen-bond donors (Lipinski definition) is 1. The highest BCUT2D eigenvalue weighted by Crippen LogP contribution is 2.55. The summed E-state index contributed by atoms with van der Waals surface area (Å²) in [6.45, 7) is 22.2. The zero-order valence-electron chi connectivity index (χ0n) is 27.8. The third-order valence-corrected chi connectivity index (χ3v) is 20.9. The molecule has 1 saturated heterocycles. The van der Waals surface area contributed by atoms with Gasteiger partial charge in [-0.25, -0.2) is 8.98 Å². The van der Waals surface area contributed by atoms with Gasteiger partial charge in [0.1, 0.15) is 17.1 Å². The van der Waals surface area contributed by atoms with Gasteiger partial charge in [-0.1, -0.05) is 41.5 Å². The van der Waals surface area contributed by atoms with E-state index in [0.29, 0.717) is 11.1 Å². The molecule has 1 fully saturated rings. The second-order valence-corrected chi connectivity index (χ2v) is 26.7. The van der Waals surface area contributed by atoms with Gasteiger partial charge in [0.15, 0.2) is 28.5 Å². The smallest absolute Gasteiger partial charge is 0.332 e. The molecular weight excluding hydrogens is 639 g/mol. The lowest BCUT2D eigenvalue weighted by Gasteiger charge is -2.43. The first-order valence-corrected chi connectivity index (χ1v) is 22.8. The van der Waals surface area contributed by atoms with Crippen LogP contribution in [0.2, 0.25) is 36.3 Å². The Morgan fingerprint density at radius 2 is 1.66 bits per heavy atom. The Labute approximate surface area is 266 Å². The average Bonchev–Trinajstić information content (AvgIpc) is 3.54. The predicted octanol–water partition coefficient (Wildman–Crippen LogP) is 4.65. The molecule has 44 heavy (non-hydrogen) atoms. The number of ether oxygens (including phenoxy) is 1.